The van der Waals surface area contributed by atoms with Crippen LogP contribution in [0, 0.1) is 0 Å². The van der Waals surface area contributed by atoms with Gasteiger partial charge in [0.15, 0.2) is 4.96 Å². The fourth-order valence-electron chi connectivity index (χ4n) is 3.67. The van der Waals surface area contributed by atoms with Crippen LogP contribution in [0.25, 0.3) is 16.0 Å². The third-order valence-electron chi connectivity index (χ3n) is 4.93. The van der Waals surface area contributed by atoms with Gasteiger partial charge in [0.05, 0.1) is 11.0 Å². The van der Waals surface area contributed by atoms with E-state index in [1.807, 2.05) is 11.3 Å². The highest BCUT2D eigenvalue weighted by Gasteiger charge is 2.23. The number of thiazole rings is 1. The van der Waals surface area contributed by atoms with Crippen molar-refractivity contribution in [3.8, 4) is 0 Å². The summed E-state index contributed by atoms with van der Waals surface area (Å²) < 4.78 is 2.38. The first kappa shape index (κ1) is 14.2. The Morgan fingerprint density at radius 1 is 1.00 bits per heavy atom. The second kappa shape index (κ2) is 5.72. The average Bonchev–Trinajstić information content (AvgIpc) is 3.16. The Kier molecular flexibility index (Phi) is 3.39. The van der Waals surface area contributed by atoms with E-state index in [1.165, 1.54) is 21.7 Å². The van der Waals surface area contributed by atoms with E-state index in [-0.39, 0.29) is 0 Å². The number of fused-ring (bicyclic) bond motifs is 5. The zero-order valence-electron chi connectivity index (χ0n) is 13.5. The molecule has 3 heterocycles. The van der Waals surface area contributed by atoms with Gasteiger partial charge in [-0.15, -0.1) is 0 Å². The smallest absolute Gasteiger partial charge is 0.195 e. The van der Waals surface area contributed by atoms with E-state index >= 15 is 0 Å². The molecule has 0 saturated heterocycles. The molecule has 2 aromatic heterocycles. The molecule has 0 N–H and O–H groups in total. The molecule has 120 valence electrons. The molecule has 0 fully saturated rings. The molecule has 0 bridgehead atoms. The third kappa shape index (κ3) is 2.34. The van der Waals surface area contributed by atoms with Crippen LogP contribution in [-0.2, 0) is 19.4 Å². The summed E-state index contributed by atoms with van der Waals surface area (Å²) in [7, 11) is 0. The molecular weight excluding hydrogens is 314 g/mol. The molecule has 4 heteroatoms. The highest BCUT2D eigenvalue weighted by molar-refractivity contribution is 7.17. The Hall–Kier alpha value is -2.17. The fraction of sp³-hybridized carbons (Fsp3) is 0.250. The summed E-state index contributed by atoms with van der Waals surface area (Å²) in [5.41, 5.74) is 5.26. The highest BCUT2D eigenvalue weighted by atomic mass is 32.1. The van der Waals surface area contributed by atoms with Crippen LogP contribution < -0.4 is 0 Å². The van der Waals surface area contributed by atoms with Crippen LogP contribution in [0.1, 0.15) is 16.1 Å². The molecule has 4 aromatic rings. The lowest BCUT2D eigenvalue weighted by atomic mass is 10.1. The predicted molar refractivity (Wildman–Crippen MR) is 99.7 cm³/mol. The number of para-hydroxylation sites is 2. The van der Waals surface area contributed by atoms with Crippen LogP contribution in [-0.4, -0.2) is 27.4 Å². The predicted octanol–water partition coefficient (Wildman–Crippen LogP) is 4.15. The van der Waals surface area contributed by atoms with Crippen LogP contribution in [0.3, 0.4) is 0 Å². The van der Waals surface area contributed by atoms with E-state index in [4.69, 9.17) is 4.98 Å². The summed E-state index contributed by atoms with van der Waals surface area (Å²) in [6.07, 6.45) is 2.24. The van der Waals surface area contributed by atoms with Crippen molar-refractivity contribution in [2.75, 3.05) is 13.1 Å². The summed E-state index contributed by atoms with van der Waals surface area (Å²) in [5.74, 6) is 0. The second-order valence-corrected chi connectivity index (χ2v) is 7.51. The van der Waals surface area contributed by atoms with Gasteiger partial charge in [0.2, 0.25) is 0 Å². The van der Waals surface area contributed by atoms with E-state index < -0.39 is 0 Å². The molecule has 0 spiro atoms. The molecule has 1 aliphatic heterocycles. The van der Waals surface area contributed by atoms with E-state index in [0.717, 1.165) is 43.0 Å². The molecule has 0 radical (unpaired) electrons. The molecule has 3 nitrogen and oxygen atoms in total. The van der Waals surface area contributed by atoms with Crippen LogP contribution in [0.2, 0.25) is 0 Å². The number of benzene rings is 2. The van der Waals surface area contributed by atoms with Crippen molar-refractivity contribution in [1.29, 1.82) is 0 Å². The minimum atomic E-state index is 1.06. The normalized spacial score (nSPS) is 15.2. The van der Waals surface area contributed by atoms with Crippen molar-refractivity contribution in [3.05, 3.63) is 70.7 Å². The van der Waals surface area contributed by atoms with Gasteiger partial charge < -0.3 is 0 Å². The standard InChI is InChI=1S/C20H19N3S/c1-2-6-15(7-3-1)10-12-22-13-11-18-19(14-22)24-20-21-16-8-4-5-9-17(16)23(18)20/h1-9H,10-14H2. The van der Waals surface area contributed by atoms with Crippen LogP contribution in [0.4, 0.5) is 0 Å². The van der Waals surface area contributed by atoms with Gasteiger partial charge in [-0.3, -0.25) is 9.30 Å². The molecule has 24 heavy (non-hydrogen) atoms. The Labute approximate surface area is 145 Å². The first-order valence-corrected chi connectivity index (χ1v) is 9.34. The van der Waals surface area contributed by atoms with Crippen molar-refractivity contribution in [2.24, 2.45) is 0 Å². The van der Waals surface area contributed by atoms with Crippen LogP contribution in [0.15, 0.2) is 54.6 Å². The van der Waals surface area contributed by atoms with E-state index in [9.17, 15) is 0 Å². The monoisotopic (exact) mass is 333 g/mol. The van der Waals surface area contributed by atoms with Gasteiger partial charge in [-0.25, -0.2) is 4.98 Å². The molecule has 1 aliphatic rings. The van der Waals surface area contributed by atoms with Crippen molar-refractivity contribution in [3.63, 3.8) is 0 Å². The van der Waals surface area contributed by atoms with Crippen molar-refractivity contribution in [2.45, 2.75) is 19.4 Å². The zero-order chi connectivity index (χ0) is 15.9. The van der Waals surface area contributed by atoms with E-state index in [0.29, 0.717) is 0 Å². The van der Waals surface area contributed by atoms with E-state index in [2.05, 4.69) is 63.9 Å². The fourth-order valence-corrected chi connectivity index (χ4v) is 4.89. The van der Waals surface area contributed by atoms with Gasteiger partial charge in [-0.1, -0.05) is 53.8 Å². The second-order valence-electron chi connectivity index (χ2n) is 6.45. The molecule has 0 amide bonds. The Morgan fingerprint density at radius 2 is 1.83 bits per heavy atom. The number of imidazole rings is 1. The highest BCUT2D eigenvalue weighted by Crippen LogP contribution is 2.31. The van der Waals surface area contributed by atoms with Crippen molar-refractivity contribution in [1.82, 2.24) is 14.3 Å². The maximum atomic E-state index is 4.80. The molecule has 0 unspecified atom stereocenters. The molecule has 5 rings (SSSR count). The lowest BCUT2D eigenvalue weighted by Crippen LogP contribution is -2.32. The molecule has 2 aromatic carbocycles. The lowest BCUT2D eigenvalue weighted by molar-refractivity contribution is 0.258. The third-order valence-corrected chi connectivity index (χ3v) is 6.00. The Morgan fingerprint density at radius 3 is 2.75 bits per heavy atom. The SMILES string of the molecule is c1ccc(CCN2CCc3c(sc4nc5ccccc5n34)C2)cc1. The maximum absolute atomic E-state index is 4.80. The molecule has 0 saturated carbocycles. The van der Waals surface area contributed by atoms with Gasteiger partial charge in [-0.2, -0.15) is 0 Å². The van der Waals surface area contributed by atoms with Crippen LogP contribution in [0.5, 0.6) is 0 Å². The maximum Gasteiger partial charge on any atom is 0.195 e. The minimum absolute atomic E-state index is 1.06. The quantitative estimate of drug-likeness (QED) is 0.561. The summed E-state index contributed by atoms with van der Waals surface area (Å²) in [5, 5.41) is 0. The number of hydrogen-bond acceptors (Lipinski definition) is 3. The van der Waals surface area contributed by atoms with Gasteiger partial charge in [0.25, 0.3) is 0 Å². The van der Waals surface area contributed by atoms with Gasteiger partial charge in [-0.05, 0) is 24.1 Å². The van der Waals surface area contributed by atoms with Gasteiger partial charge >= 0.3 is 0 Å². The number of aromatic nitrogens is 2. The first-order chi connectivity index (χ1) is 11.9. The molecule has 0 aliphatic carbocycles. The average molecular weight is 333 g/mol. The van der Waals surface area contributed by atoms with Gasteiger partial charge in [0, 0.05) is 36.6 Å². The Bertz CT molecular complexity index is 1000. The van der Waals surface area contributed by atoms with Crippen LogP contribution >= 0.6 is 11.3 Å². The van der Waals surface area contributed by atoms with Crippen molar-refractivity contribution >= 4 is 27.3 Å². The summed E-state index contributed by atoms with van der Waals surface area (Å²) in [6, 6.07) is 19.3. The van der Waals surface area contributed by atoms with Gasteiger partial charge in [0.1, 0.15) is 0 Å². The minimum Gasteiger partial charge on any atom is -0.297 e. The van der Waals surface area contributed by atoms with Crippen molar-refractivity contribution < 1.29 is 0 Å². The largest absolute Gasteiger partial charge is 0.297 e. The topological polar surface area (TPSA) is 20.5 Å². The number of nitrogens with zero attached hydrogens (tertiary/aromatic N) is 3. The summed E-state index contributed by atoms with van der Waals surface area (Å²) >= 11 is 1.86. The summed E-state index contributed by atoms with van der Waals surface area (Å²) in [4.78, 5) is 10.0. The molecule has 0 atom stereocenters. The number of hydrogen-bond donors (Lipinski definition) is 0. The zero-order valence-corrected chi connectivity index (χ0v) is 14.3. The van der Waals surface area contributed by atoms with E-state index in [1.54, 1.807) is 0 Å². The first-order valence-electron chi connectivity index (χ1n) is 8.52. The summed E-state index contributed by atoms with van der Waals surface area (Å²) in [6.45, 7) is 3.33. The number of rotatable bonds is 3. The lowest BCUT2D eigenvalue weighted by Gasteiger charge is -2.26. The Balaban J connectivity index is 1.41. The molecular formula is C20H19N3S.